The summed E-state index contributed by atoms with van der Waals surface area (Å²) in [6, 6.07) is 2.01. The number of benzene rings is 1. The Morgan fingerprint density at radius 2 is 2.06 bits per heavy atom. The molecule has 3 N–H and O–H groups in total. The molecular weight excluding hydrogens is 245 g/mol. The largest absolute Gasteiger partial charge is 0.506 e. The van der Waals surface area contributed by atoms with Crippen molar-refractivity contribution < 1.29 is 14.2 Å². The molecule has 1 aromatic rings. The average Bonchev–Trinajstić information content (AvgIpc) is 2.35. The summed E-state index contributed by atoms with van der Waals surface area (Å²) < 4.78 is 18.9. The first-order chi connectivity index (χ1) is 8.11. The summed E-state index contributed by atoms with van der Waals surface area (Å²) in [6.45, 7) is 1.25. The number of hydrogen-bond donors (Lipinski definition) is 2. The number of ether oxygens (including phenoxy) is 1. The van der Waals surface area contributed by atoms with Crippen LogP contribution in [0.2, 0.25) is 5.02 Å². The smallest absolute Gasteiger partial charge is 0.141 e. The molecule has 0 spiro atoms. The third-order valence-electron chi connectivity index (χ3n) is 3.22. The van der Waals surface area contributed by atoms with Crippen LogP contribution < -0.4 is 5.73 Å². The Balaban J connectivity index is 2.29. The molecule has 0 aromatic heterocycles. The van der Waals surface area contributed by atoms with Gasteiger partial charge in [0.2, 0.25) is 0 Å². The van der Waals surface area contributed by atoms with E-state index in [1.165, 1.54) is 12.1 Å². The third kappa shape index (κ3) is 2.54. The number of phenolic OH excluding ortho intramolecular Hbond substituents is 1. The molecule has 0 aliphatic carbocycles. The number of rotatable bonds is 2. The van der Waals surface area contributed by atoms with Gasteiger partial charge in [0, 0.05) is 24.8 Å². The predicted molar refractivity (Wildman–Crippen MR) is 63.5 cm³/mol. The normalized spacial score (nSPS) is 19.2. The zero-order valence-electron chi connectivity index (χ0n) is 9.33. The molecule has 3 nitrogen and oxygen atoms in total. The topological polar surface area (TPSA) is 55.5 Å². The summed E-state index contributed by atoms with van der Waals surface area (Å²) in [4.78, 5) is 0. The summed E-state index contributed by atoms with van der Waals surface area (Å²) in [5, 5.41) is 9.92. The zero-order chi connectivity index (χ0) is 12.4. The number of hydrogen-bond acceptors (Lipinski definition) is 3. The third-order valence-corrected chi connectivity index (χ3v) is 3.53. The molecule has 17 heavy (non-hydrogen) atoms. The van der Waals surface area contributed by atoms with E-state index < -0.39 is 11.9 Å². The van der Waals surface area contributed by atoms with Crippen molar-refractivity contribution >= 4 is 11.6 Å². The molecule has 1 fully saturated rings. The van der Waals surface area contributed by atoms with Gasteiger partial charge in [0.05, 0.1) is 5.02 Å². The standard InChI is InChI=1S/C12H15ClFNO2/c13-8-1-2-9(14)10(12(8)16)11(15)7-3-5-17-6-4-7/h1-2,7,11,16H,3-6,15H2/t11-/m0/s1. The predicted octanol–water partition coefficient (Wildman–Crippen LogP) is 2.61. The zero-order valence-corrected chi connectivity index (χ0v) is 10.1. The number of halogens is 2. The fourth-order valence-corrected chi connectivity index (χ4v) is 2.35. The lowest BCUT2D eigenvalue weighted by Gasteiger charge is -2.28. The molecule has 1 atom stereocenters. The molecule has 0 amide bonds. The van der Waals surface area contributed by atoms with E-state index in [0.717, 1.165) is 12.8 Å². The second kappa shape index (κ2) is 5.21. The molecule has 2 rings (SSSR count). The Bertz CT molecular complexity index is 408. The Hall–Kier alpha value is -0.840. The molecule has 1 aliphatic rings. The highest BCUT2D eigenvalue weighted by Gasteiger charge is 2.27. The summed E-state index contributed by atoms with van der Waals surface area (Å²) in [6.07, 6.45) is 1.54. The van der Waals surface area contributed by atoms with E-state index in [9.17, 15) is 9.50 Å². The van der Waals surface area contributed by atoms with E-state index in [4.69, 9.17) is 22.1 Å². The van der Waals surface area contributed by atoms with Crippen LogP contribution >= 0.6 is 11.6 Å². The van der Waals surface area contributed by atoms with E-state index in [2.05, 4.69) is 0 Å². The van der Waals surface area contributed by atoms with Crippen molar-refractivity contribution in [1.82, 2.24) is 0 Å². The SMILES string of the molecule is N[C@H](c1c(F)ccc(Cl)c1O)C1CCOCC1. The maximum Gasteiger partial charge on any atom is 0.141 e. The average molecular weight is 260 g/mol. The highest BCUT2D eigenvalue weighted by molar-refractivity contribution is 6.32. The van der Waals surface area contributed by atoms with Crippen molar-refractivity contribution in [2.75, 3.05) is 13.2 Å². The lowest BCUT2D eigenvalue weighted by Crippen LogP contribution is -2.28. The Kier molecular flexibility index (Phi) is 3.86. The van der Waals surface area contributed by atoms with Gasteiger partial charge >= 0.3 is 0 Å². The van der Waals surface area contributed by atoms with Gasteiger partial charge in [-0.3, -0.25) is 0 Å². The molecule has 0 bridgehead atoms. The molecule has 94 valence electrons. The first-order valence-electron chi connectivity index (χ1n) is 5.61. The fourth-order valence-electron chi connectivity index (χ4n) is 2.18. The van der Waals surface area contributed by atoms with E-state index in [1.54, 1.807) is 0 Å². The van der Waals surface area contributed by atoms with E-state index >= 15 is 0 Å². The summed E-state index contributed by atoms with van der Waals surface area (Å²) in [5.74, 6) is -0.640. The van der Waals surface area contributed by atoms with Gasteiger partial charge in [-0.2, -0.15) is 0 Å². The van der Waals surface area contributed by atoms with Crippen molar-refractivity contribution in [2.45, 2.75) is 18.9 Å². The fraction of sp³-hybridized carbons (Fsp3) is 0.500. The van der Waals surface area contributed by atoms with Crippen LogP contribution in [-0.4, -0.2) is 18.3 Å². The second-order valence-corrected chi connectivity index (χ2v) is 4.67. The molecule has 1 aliphatic heterocycles. The monoisotopic (exact) mass is 259 g/mol. The number of nitrogens with two attached hydrogens (primary N) is 1. The van der Waals surface area contributed by atoms with Gasteiger partial charge in [-0.25, -0.2) is 4.39 Å². The quantitative estimate of drug-likeness (QED) is 0.858. The summed E-state index contributed by atoms with van der Waals surface area (Å²) >= 11 is 5.77. The van der Waals surface area contributed by atoms with Gasteiger partial charge in [0.1, 0.15) is 11.6 Å². The minimum Gasteiger partial charge on any atom is -0.506 e. The van der Waals surface area contributed by atoms with Crippen molar-refractivity contribution in [2.24, 2.45) is 11.7 Å². The van der Waals surface area contributed by atoms with Gasteiger partial charge < -0.3 is 15.6 Å². The number of phenols is 1. The highest BCUT2D eigenvalue weighted by Crippen LogP contribution is 2.38. The van der Waals surface area contributed by atoms with Crippen LogP contribution in [0.1, 0.15) is 24.4 Å². The van der Waals surface area contributed by atoms with E-state index in [-0.39, 0.29) is 22.3 Å². The van der Waals surface area contributed by atoms with Gasteiger partial charge in [-0.15, -0.1) is 0 Å². The maximum atomic E-state index is 13.7. The first-order valence-corrected chi connectivity index (χ1v) is 5.99. The molecular formula is C12H15ClFNO2. The lowest BCUT2D eigenvalue weighted by atomic mass is 9.87. The Morgan fingerprint density at radius 3 is 2.71 bits per heavy atom. The van der Waals surface area contributed by atoms with Crippen LogP contribution in [-0.2, 0) is 4.74 Å². The second-order valence-electron chi connectivity index (χ2n) is 4.27. The minimum absolute atomic E-state index is 0.114. The van der Waals surface area contributed by atoms with Crippen LogP contribution in [0.4, 0.5) is 4.39 Å². The number of aromatic hydroxyl groups is 1. The van der Waals surface area contributed by atoms with E-state index in [0.29, 0.717) is 13.2 Å². The Labute approximate surface area is 104 Å². The van der Waals surface area contributed by atoms with Crippen molar-refractivity contribution in [3.8, 4) is 5.75 Å². The lowest BCUT2D eigenvalue weighted by molar-refractivity contribution is 0.0577. The molecule has 1 aromatic carbocycles. The van der Waals surface area contributed by atoms with Crippen LogP contribution in [0.5, 0.6) is 5.75 Å². The van der Waals surface area contributed by atoms with Crippen LogP contribution in [0.3, 0.4) is 0 Å². The minimum atomic E-state index is -0.544. The Morgan fingerprint density at radius 1 is 1.41 bits per heavy atom. The molecule has 1 saturated heterocycles. The van der Waals surface area contributed by atoms with Crippen molar-refractivity contribution in [1.29, 1.82) is 0 Å². The van der Waals surface area contributed by atoms with Gasteiger partial charge in [-0.1, -0.05) is 11.6 Å². The maximum absolute atomic E-state index is 13.7. The van der Waals surface area contributed by atoms with Crippen LogP contribution in [0.15, 0.2) is 12.1 Å². The van der Waals surface area contributed by atoms with E-state index in [1.807, 2.05) is 0 Å². The molecule has 0 radical (unpaired) electrons. The first kappa shape index (κ1) is 12.6. The van der Waals surface area contributed by atoms with Crippen LogP contribution in [0, 0.1) is 11.7 Å². The van der Waals surface area contributed by atoms with Gasteiger partial charge in [0.15, 0.2) is 0 Å². The molecule has 1 heterocycles. The van der Waals surface area contributed by atoms with Crippen molar-refractivity contribution in [3.05, 3.63) is 28.5 Å². The van der Waals surface area contributed by atoms with Crippen LogP contribution in [0.25, 0.3) is 0 Å². The van der Waals surface area contributed by atoms with Crippen molar-refractivity contribution in [3.63, 3.8) is 0 Å². The molecule has 0 saturated carbocycles. The van der Waals surface area contributed by atoms with Gasteiger partial charge in [0.25, 0.3) is 0 Å². The highest BCUT2D eigenvalue weighted by atomic mass is 35.5. The molecule has 5 heteroatoms. The summed E-state index contributed by atoms with van der Waals surface area (Å²) in [5.41, 5.74) is 6.14. The summed E-state index contributed by atoms with van der Waals surface area (Å²) in [7, 11) is 0. The van der Waals surface area contributed by atoms with Gasteiger partial charge in [-0.05, 0) is 30.9 Å². The molecule has 0 unspecified atom stereocenters.